The molecule has 1 N–H and O–H groups in total. The molecule has 0 aliphatic rings. The smallest absolute Gasteiger partial charge is 0.251 e. The largest absolute Gasteiger partial charge is 0.355 e. The van der Waals surface area contributed by atoms with Crippen molar-refractivity contribution >= 4 is 5.91 Å². The number of carbonyl (C=O) groups is 1. The normalized spacial score (nSPS) is 10.4. The standard InChI is InChI=1S/C14H17N3O/c1-10-7-11(2)17(16-10)9-12-5-4-6-13(8-12)14(18)15-3/h4-8H,9H2,1-3H3,(H,15,18). The number of carbonyl (C=O) groups excluding carboxylic acids is 1. The molecule has 0 radical (unpaired) electrons. The van der Waals surface area contributed by atoms with Gasteiger partial charge in [-0.15, -0.1) is 0 Å². The Morgan fingerprint density at radius 1 is 1.33 bits per heavy atom. The van der Waals surface area contributed by atoms with E-state index in [2.05, 4.69) is 10.4 Å². The maximum Gasteiger partial charge on any atom is 0.251 e. The Kier molecular flexibility index (Phi) is 3.46. The zero-order chi connectivity index (χ0) is 13.1. The Labute approximate surface area is 107 Å². The lowest BCUT2D eigenvalue weighted by molar-refractivity contribution is 0.0963. The molecule has 0 fully saturated rings. The molecule has 2 aromatic rings. The molecule has 0 aliphatic heterocycles. The average molecular weight is 243 g/mol. The van der Waals surface area contributed by atoms with Crippen LogP contribution in [0.5, 0.6) is 0 Å². The first-order valence-corrected chi connectivity index (χ1v) is 5.92. The van der Waals surface area contributed by atoms with Crippen LogP contribution in [-0.4, -0.2) is 22.7 Å². The van der Waals surface area contributed by atoms with E-state index in [0.29, 0.717) is 12.1 Å². The fourth-order valence-electron chi connectivity index (χ4n) is 1.96. The van der Waals surface area contributed by atoms with Gasteiger partial charge in [-0.1, -0.05) is 12.1 Å². The molecule has 0 bridgehead atoms. The molecule has 0 spiro atoms. The molecule has 94 valence electrons. The molecule has 0 atom stereocenters. The fraction of sp³-hybridized carbons (Fsp3) is 0.286. The van der Waals surface area contributed by atoms with Gasteiger partial charge in [0.15, 0.2) is 0 Å². The van der Waals surface area contributed by atoms with Crippen molar-refractivity contribution in [3.63, 3.8) is 0 Å². The minimum Gasteiger partial charge on any atom is -0.355 e. The van der Waals surface area contributed by atoms with E-state index in [1.54, 1.807) is 7.05 Å². The summed E-state index contributed by atoms with van der Waals surface area (Å²) in [7, 11) is 1.63. The predicted molar refractivity (Wildman–Crippen MR) is 70.6 cm³/mol. The zero-order valence-electron chi connectivity index (χ0n) is 10.9. The Morgan fingerprint density at radius 3 is 2.72 bits per heavy atom. The third kappa shape index (κ3) is 2.59. The minimum atomic E-state index is -0.0646. The van der Waals surface area contributed by atoms with Crippen molar-refractivity contribution < 1.29 is 4.79 Å². The average Bonchev–Trinajstić information content (AvgIpc) is 2.67. The lowest BCUT2D eigenvalue weighted by Crippen LogP contribution is -2.18. The second kappa shape index (κ2) is 5.04. The summed E-state index contributed by atoms with van der Waals surface area (Å²) >= 11 is 0. The molecule has 0 unspecified atom stereocenters. The van der Waals surface area contributed by atoms with E-state index in [4.69, 9.17) is 0 Å². The van der Waals surface area contributed by atoms with E-state index in [1.807, 2.05) is 48.9 Å². The van der Waals surface area contributed by atoms with Crippen molar-refractivity contribution in [3.05, 3.63) is 52.8 Å². The second-order valence-electron chi connectivity index (χ2n) is 4.36. The summed E-state index contributed by atoms with van der Waals surface area (Å²) in [6.45, 7) is 4.69. The highest BCUT2D eigenvalue weighted by Crippen LogP contribution is 2.09. The van der Waals surface area contributed by atoms with Crippen molar-refractivity contribution in [2.24, 2.45) is 0 Å². The van der Waals surface area contributed by atoms with E-state index in [0.717, 1.165) is 17.0 Å². The van der Waals surface area contributed by atoms with Crippen molar-refractivity contribution in [2.75, 3.05) is 7.05 Å². The van der Waals surface area contributed by atoms with Gasteiger partial charge in [-0.2, -0.15) is 5.10 Å². The highest BCUT2D eigenvalue weighted by atomic mass is 16.1. The van der Waals surface area contributed by atoms with Crippen molar-refractivity contribution in [2.45, 2.75) is 20.4 Å². The van der Waals surface area contributed by atoms with Crippen LogP contribution >= 0.6 is 0 Å². The quantitative estimate of drug-likeness (QED) is 0.895. The highest BCUT2D eigenvalue weighted by molar-refractivity contribution is 5.94. The van der Waals surface area contributed by atoms with E-state index in [-0.39, 0.29) is 5.91 Å². The van der Waals surface area contributed by atoms with Crippen LogP contribution in [-0.2, 0) is 6.54 Å². The first-order valence-electron chi connectivity index (χ1n) is 5.92. The molecule has 0 aliphatic carbocycles. The molecular weight excluding hydrogens is 226 g/mol. The third-order valence-corrected chi connectivity index (χ3v) is 2.85. The fourth-order valence-corrected chi connectivity index (χ4v) is 1.96. The Bertz CT molecular complexity index is 572. The van der Waals surface area contributed by atoms with Crippen LogP contribution in [0.25, 0.3) is 0 Å². The number of amides is 1. The summed E-state index contributed by atoms with van der Waals surface area (Å²) in [4.78, 5) is 11.6. The minimum absolute atomic E-state index is 0.0646. The van der Waals surface area contributed by atoms with Crippen LogP contribution in [0.2, 0.25) is 0 Å². The van der Waals surface area contributed by atoms with Gasteiger partial charge in [-0.05, 0) is 37.6 Å². The molecular formula is C14H17N3O. The Hall–Kier alpha value is -2.10. The van der Waals surface area contributed by atoms with E-state index in [9.17, 15) is 4.79 Å². The van der Waals surface area contributed by atoms with Crippen LogP contribution < -0.4 is 5.32 Å². The summed E-state index contributed by atoms with van der Waals surface area (Å²) in [6.07, 6.45) is 0. The summed E-state index contributed by atoms with van der Waals surface area (Å²) < 4.78 is 1.94. The van der Waals surface area contributed by atoms with Crippen LogP contribution in [0.4, 0.5) is 0 Å². The number of nitrogens with one attached hydrogen (secondary N) is 1. The van der Waals surface area contributed by atoms with Gasteiger partial charge in [0.2, 0.25) is 0 Å². The maximum absolute atomic E-state index is 11.6. The van der Waals surface area contributed by atoms with Gasteiger partial charge in [0.1, 0.15) is 0 Å². The Morgan fingerprint density at radius 2 is 2.11 bits per heavy atom. The number of aryl methyl sites for hydroxylation is 2. The topological polar surface area (TPSA) is 46.9 Å². The lowest BCUT2D eigenvalue weighted by atomic mass is 10.1. The van der Waals surface area contributed by atoms with Crippen LogP contribution in [0.1, 0.15) is 27.3 Å². The monoisotopic (exact) mass is 243 g/mol. The predicted octanol–water partition coefficient (Wildman–Crippen LogP) is 1.91. The number of nitrogens with zero attached hydrogens (tertiary/aromatic N) is 2. The molecule has 1 amide bonds. The van der Waals surface area contributed by atoms with Gasteiger partial charge < -0.3 is 5.32 Å². The summed E-state index contributed by atoms with van der Waals surface area (Å²) in [5.74, 6) is -0.0646. The summed E-state index contributed by atoms with van der Waals surface area (Å²) in [6, 6.07) is 9.65. The molecule has 0 saturated heterocycles. The molecule has 4 heteroatoms. The molecule has 1 heterocycles. The van der Waals surface area contributed by atoms with E-state index >= 15 is 0 Å². The van der Waals surface area contributed by atoms with Crippen molar-refractivity contribution in [3.8, 4) is 0 Å². The molecule has 2 rings (SSSR count). The van der Waals surface area contributed by atoms with Crippen LogP contribution in [0.3, 0.4) is 0 Å². The van der Waals surface area contributed by atoms with Gasteiger partial charge in [-0.25, -0.2) is 0 Å². The number of aromatic nitrogens is 2. The first kappa shape index (κ1) is 12.4. The summed E-state index contributed by atoms with van der Waals surface area (Å²) in [5, 5.41) is 7.04. The molecule has 1 aromatic heterocycles. The second-order valence-corrected chi connectivity index (χ2v) is 4.36. The van der Waals surface area contributed by atoms with Crippen molar-refractivity contribution in [1.29, 1.82) is 0 Å². The number of hydrogen-bond donors (Lipinski definition) is 1. The van der Waals surface area contributed by atoms with Gasteiger partial charge in [0.25, 0.3) is 5.91 Å². The van der Waals surface area contributed by atoms with Crippen LogP contribution in [0.15, 0.2) is 30.3 Å². The number of rotatable bonds is 3. The van der Waals surface area contributed by atoms with Gasteiger partial charge in [-0.3, -0.25) is 9.48 Å². The maximum atomic E-state index is 11.6. The van der Waals surface area contributed by atoms with Gasteiger partial charge in [0.05, 0.1) is 12.2 Å². The number of benzene rings is 1. The summed E-state index contributed by atoms with van der Waals surface area (Å²) in [5.41, 5.74) is 3.88. The van der Waals surface area contributed by atoms with E-state index in [1.165, 1.54) is 0 Å². The SMILES string of the molecule is CNC(=O)c1cccc(Cn2nc(C)cc2C)c1. The van der Waals surface area contributed by atoms with Crippen LogP contribution in [0, 0.1) is 13.8 Å². The molecule has 4 nitrogen and oxygen atoms in total. The molecule has 1 aromatic carbocycles. The third-order valence-electron chi connectivity index (χ3n) is 2.85. The molecule has 18 heavy (non-hydrogen) atoms. The molecule has 0 saturated carbocycles. The van der Waals surface area contributed by atoms with Crippen molar-refractivity contribution in [1.82, 2.24) is 15.1 Å². The number of hydrogen-bond acceptors (Lipinski definition) is 2. The van der Waals surface area contributed by atoms with E-state index < -0.39 is 0 Å². The zero-order valence-corrected chi connectivity index (χ0v) is 10.9. The first-order chi connectivity index (χ1) is 8.60. The Balaban J connectivity index is 2.24. The van der Waals surface area contributed by atoms with Gasteiger partial charge in [0, 0.05) is 18.3 Å². The highest BCUT2D eigenvalue weighted by Gasteiger charge is 2.06. The van der Waals surface area contributed by atoms with Gasteiger partial charge >= 0.3 is 0 Å². The lowest BCUT2D eigenvalue weighted by Gasteiger charge is -2.06.